The monoisotopic (exact) mass is 412 g/mol. The third-order valence-corrected chi connectivity index (χ3v) is 4.48. The number of imidazole rings is 1. The van der Waals surface area contributed by atoms with Gasteiger partial charge in [0, 0.05) is 23.5 Å². The van der Waals surface area contributed by atoms with E-state index in [0.717, 1.165) is 5.69 Å². The lowest BCUT2D eigenvalue weighted by atomic mass is 10.3. The maximum atomic E-state index is 12.5. The number of para-hydroxylation sites is 1. The third-order valence-electron chi connectivity index (χ3n) is 3.83. The van der Waals surface area contributed by atoms with Gasteiger partial charge in [0.25, 0.3) is 11.6 Å². The van der Waals surface area contributed by atoms with Gasteiger partial charge in [0.15, 0.2) is 17.5 Å². The number of thioether (sulfide) groups is 1. The number of aromatic nitrogens is 2. The predicted molar refractivity (Wildman–Crippen MR) is 107 cm³/mol. The van der Waals surface area contributed by atoms with Gasteiger partial charge in [-0.05, 0) is 30.5 Å². The molecule has 0 aliphatic rings. The van der Waals surface area contributed by atoms with Crippen LogP contribution in [0.4, 0.5) is 11.4 Å². The highest BCUT2D eigenvalue weighted by molar-refractivity contribution is 7.98. The Morgan fingerprint density at radius 1 is 1.17 bits per heavy atom. The van der Waals surface area contributed by atoms with Crippen LogP contribution in [0.25, 0.3) is 5.69 Å². The fourth-order valence-corrected chi connectivity index (χ4v) is 3.06. The Labute approximate surface area is 169 Å². The van der Waals surface area contributed by atoms with Gasteiger partial charge < -0.3 is 10.1 Å². The number of carbonyl (C=O) groups excluding carboxylic acids is 2. The molecule has 0 aliphatic heterocycles. The second kappa shape index (κ2) is 9.02. The van der Waals surface area contributed by atoms with Crippen LogP contribution >= 0.6 is 11.8 Å². The van der Waals surface area contributed by atoms with E-state index in [1.807, 2.05) is 36.6 Å². The van der Waals surface area contributed by atoms with E-state index in [-0.39, 0.29) is 11.4 Å². The predicted octanol–water partition coefficient (Wildman–Crippen LogP) is 3.30. The summed E-state index contributed by atoms with van der Waals surface area (Å²) in [6.07, 6.45) is 3.24. The number of rotatable bonds is 7. The van der Waals surface area contributed by atoms with Crippen molar-refractivity contribution in [1.82, 2.24) is 9.55 Å². The first-order valence-electron chi connectivity index (χ1n) is 8.38. The van der Waals surface area contributed by atoms with Gasteiger partial charge in [0.05, 0.1) is 11.1 Å². The molecule has 148 valence electrons. The van der Waals surface area contributed by atoms with Crippen molar-refractivity contribution in [1.29, 1.82) is 0 Å². The van der Waals surface area contributed by atoms with Crippen molar-refractivity contribution in [3.8, 4) is 5.69 Å². The summed E-state index contributed by atoms with van der Waals surface area (Å²) < 4.78 is 6.77. The summed E-state index contributed by atoms with van der Waals surface area (Å²) in [7, 11) is 0. The van der Waals surface area contributed by atoms with Gasteiger partial charge in [-0.15, -0.1) is 0 Å². The Hall–Kier alpha value is -3.66. The minimum atomic E-state index is -0.694. The zero-order valence-corrected chi connectivity index (χ0v) is 16.1. The van der Waals surface area contributed by atoms with Crippen LogP contribution in [0.15, 0.2) is 66.0 Å². The number of non-ortho nitro benzene ring substituents is 1. The van der Waals surface area contributed by atoms with E-state index >= 15 is 0 Å². The summed E-state index contributed by atoms with van der Waals surface area (Å²) in [5, 5.41) is 13.8. The molecule has 0 bridgehead atoms. The van der Waals surface area contributed by atoms with Gasteiger partial charge in [-0.1, -0.05) is 30.0 Å². The maximum Gasteiger partial charge on any atom is 0.357 e. The largest absolute Gasteiger partial charge is 0.451 e. The van der Waals surface area contributed by atoms with Crippen LogP contribution in [0.5, 0.6) is 0 Å². The normalized spacial score (nSPS) is 10.4. The lowest BCUT2D eigenvalue weighted by molar-refractivity contribution is -0.384. The fraction of sp³-hybridized carbons (Fsp3) is 0.105. The van der Waals surface area contributed by atoms with Crippen molar-refractivity contribution in [3.05, 3.63) is 76.6 Å². The lowest BCUT2D eigenvalue weighted by Crippen LogP contribution is -2.22. The molecular formula is C19H16N4O5S. The molecule has 0 aliphatic carbocycles. The Morgan fingerprint density at radius 2 is 1.86 bits per heavy atom. The molecule has 9 nitrogen and oxygen atoms in total. The summed E-state index contributed by atoms with van der Waals surface area (Å²) >= 11 is 1.37. The van der Waals surface area contributed by atoms with Crippen LogP contribution in [-0.4, -0.2) is 39.2 Å². The van der Waals surface area contributed by atoms with E-state index in [0.29, 0.717) is 10.8 Å². The van der Waals surface area contributed by atoms with E-state index in [9.17, 15) is 19.7 Å². The molecule has 0 unspecified atom stereocenters. The molecule has 1 amide bonds. The molecule has 2 aromatic carbocycles. The Bertz CT molecular complexity index is 1030. The van der Waals surface area contributed by atoms with E-state index in [1.165, 1.54) is 42.2 Å². The first-order valence-corrected chi connectivity index (χ1v) is 9.60. The standard InChI is InChI=1S/C19H16N4O5S/c1-29-19-20-11-16(22(19)14-5-3-2-4-6-14)18(25)28-12-17(24)21-13-7-9-15(10-8-13)23(26)27/h2-11H,12H2,1H3,(H,21,24). The molecule has 0 saturated heterocycles. The second-order valence-electron chi connectivity index (χ2n) is 5.73. The van der Waals surface area contributed by atoms with E-state index < -0.39 is 23.4 Å². The molecule has 0 radical (unpaired) electrons. The molecule has 3 rings (SSSR count). The van der Waals surface area contributed by atoms with Crippen molar-refractivity contribution >= 4 is 35.0 Å². The lowest BCUT2D eigenvalue weighted by Gasteiger charge is -2.11. The molecular weight excluding hydrogens is 396 g/mol. The molecule has 29 heavy (non-hydrogen) atoms. The number of amides is 1. The van der Waals surface area contributed by atoms with Gasteiger partial charge in [-0.3, -0.25) is 19.5 Å². The molecule has 1 heterocycles. The number of nitro benzene ring substituents is 1. The van der Waals surface area contributed by atoms with E-state index in [2.05, 4.69) is 10.3 Å². The number of nitrogens with zero attached hydrogens (tertiary/aromatic N) is 3. The van der Waals surface area contributed by atoms with Gasteiger partial charge in [0.2, 0.25) is 0 Å². The minimum Gasteiger partial charge on any atom is -0.451 e. The van der Waals surface area contributed by atoms with Gasteiger partial charge in [-0.25, -0.2) is 9.78 Å². The highest BCUT2D eigenvalue weighted by Crippen LogP contribution is 2.22. The van der Waals surface area contributed by atoms with Crippen molar-refractivity contribution in [2.45, 2.75) is 5.16 Å². The van der Waals surface area contributed by atoms with Crippen LogP contribution in [0.3, 0.4) is 0 Å². The molecule has 1 aromatic heterocycles. The number of ether oxygens (including phenoxy) is 1. The number of benzene rings is 2. The maximum absolute atomic E-state index is 12.5. The zero-order valence-electron chi connectivity index (χ0n) is 15.3. The molecule has 0 fully saturated rings. The Kier molecular flexibility index (Phi) is 6.25. The summed E-state index contributed by atoms with van der Waals surface area (Å²) in [5.41, 5.74) is 1.21. The Morgan fingerprint density at radius 3 is 2.48 bits per heavy atom. The highest BCUT2D eigenvalue weighted by Gasteiger charge is 2.20. The van der Waals surface area contributed by atoms with Crippen molar-refractivity contribution in [3.63, 3.8) is 0 Å². The molecule has 0 atom stereocenters. The molecule has 10 heteroatoms. The highest BCUT2D eigenvalue weighted by atomic mass is 32.2. The number of esters is 1. The van der Waals surface area contributed by atoms with Crippen LogP contribution in [0, 0.1) is 10.1 Å². The first-order chi connectivity index (χ1) is 14.0. The van der Waals surface area contributed by atoms with Crippen molar-refractivity contribution < 1.29 is 19.2 Å². The van der Waals surface area contributed by atoms with Crippen LogP contribution < -0.4 is 5.32 Å². The van der Waals surface area contributed by atoms with Crippen LogP contribution in [-0.2, 0) is 9.53 Å². The molecule has 0 spiro atoms. The molecule has 0 saturated carbocycles. The summed E-state index contributed by atoms with van der Waals surface area (Å²) in [6.45, 7) is -0.510. The summed E-state index contributed by atoms with van der Waals surface area (Å²) in [5.74, 6) is -1.26. The number of hydrogen-bond acceptors (Lipinski definition) is 7. The zero-order chi connectivity index (χ0) is 20.8. The molecule has 1 N–H and O–H groups in total. The summed E-state index contributed by atoms with van der Waals surface area (Å²) in [4.78, 5) is 38.9. The SMILES string of the molecule is CSc1ncc(C(=O)OCC(=O)Nc2ccc([N+](=O)[O-])cc2)n1-c1ccccc1. The third kappa shape index (κ3) is 4.79. The molecule has 3 aromatic rings. The topological polar surface area (TPSA) is 116 Å². The van der Waals surface area contributed by atoms with E-state index in [1.54, 1.807) is 4.57 Å². The van der Waals surface area contributed by atoms with Crippen molar-refractivity contribution in [2.75, 3.05) is 18.2 Å². The first kappa shape index (κ1) is 20.1. The quantitative estimate of drug-likeness (QED) is 0.274. The average molecular weight is 412 g/mol. The summed E-state index contributed by atoms with van der Waals surface area (Å²) in [6, 6.07) is 14.5. The van der Waals surface area contributed by atoms with Crippen LogP contribution in [0.1, 0.15) is 10.5 Å². The fourth-order valence-electron chi connectivity index (χ4n) is 2.52. The van der Waals surface area contributed by atoms with Gasteiger partial charge >= 0.3 is 5.97 Å². The van der Waals surface area contributed by atoms with Gasteiger partial charge in [-0.2, -0.15) is 0 Å². The number of carbonyl (C=O) groups is 2. The van der Waals surface area contributed by atoms with Gasteiger partial charge in [0.1, 0.15) is 0 Å². The number of nitrogens with one attached hydrogen (secondary N) is 1. The number of nitro groups is 1. The van der Waals surface area contributed by atoms with Crippen LogP contribution in [0.2, 0.25) is 0 Å². The van der Waals surface area contributed by atoms with Crippen molar-refractivity contribution in [2.24, 2.45) is 0 Å². The average Bonchev–Trinajstić information content (AvgIpc) is 3.17. The van der Waals surface area contributed by atoms with E-state index in [4.69, 9.17) is 4.74 Å². The number of anilines is 1. The second-order valence-corrected chi connectivity index (χ2v) is 6.50. The Balaban J connectivity index is 1.66. The minimum absolute atomic E-state index is 0.0896. The number of hydrogen-bond donors (Lipinski definition) is 1. The smallest absolute Gasteiger partial charge is 0.357 e.